The number of methoxy groups -OCH3 is 1. The number of nitriles is 1. The SMILES string of the molecule is COc1ccc(NC(=O)/C(C#N)=C\c2ccc(O)cc2)cc1. The quantitative estimate of drug-likeness (QED) is 0.671. The highest BCUT2D eigenvalue weighted by Crippen LogP contribution is 2.17. The van der Waals surface area contributed by atoms with Crippen molar-refractivity contribution in [3.63, 3.8) is 0 Å². The van der Waals surface area contributed by atoms with Crippen molar-refractivity contribution < 1.29 is 14.6 Å². The predicted molar refractivity (Wildman–Crippen MR) is 83.3 cm³/mol. The van der Waals surface area contributed by atoms with Crippen LogP contribution in [-0.4, -0.2) is 18.1 Å². The summed E-state index contributed by atoms with van der Waals surface area (Å²) in [5, 5.41) is 21.0. The Kier molecular flexibility index (Phi) is 4.78. The predicted octanol–water partition coefficient (Wildman–Crippen LogP) is 2.95. The molecule has 2 N–H and O–H groups in total. The van der Waals surface area contributed by atoms with Gasteiger partial charge in [0.15, 0.2) is 0 Å². The lowest BCUT2D eigenvalue weighted by Gasteiger charge is -2.05. The van der Waals surface area contributed by atoms with E-state index in [4.69, 9.17) is 10.00 Å². The van der Waals surface area contributed by atoms with E-state index >= 15 is 0 Å². The summed E-state index contributed by atoms with van der Waals surface area (Å²) in [5.74, 6) is 0.303. The van der Waals surface area contributed by atoms with Crippen molar-refractivity contribution >= 4 is 17.7 Å². The summed E-state index contributed by atoms with van der Waals surface area (Å²) in [6.07, 6.45) is 1.46. The molecule has 2 rings (SSSR count). The van der Waals surface area contributed by atoms with E-state index in [2.05, 4.69) is 5.32 Å². The van der Waals surface area contributed by atoms with Gasteiger partial charge in [0.05, 0.1) is 7.11 Å². The van der Waals surface area contributed by atoms with Gasteiger partial charge in [-0.1, -0.05) is 12.1 Å². The third kappa shape index (κ3) is 3.87. The molecule has 0 fully saturated rings. The average molecular weight is 294 g/mol. The van der Waals surface area contributed by atoms with Gasteiger partial charge in [0.25, 0.3) is 5.91 Å². The van der Waals surface area contributed by atoms with Gasteiger partial charge < -0.3 is 15.2 Å². The molecular formula is C17H14N2O3. The Morgan fingerprint density at radius 2 is 1.82 bits per heavy atom. The van der Waals surface area contributed by atoms with E-state index in [0.717, 1.165) is 0 Å². The number of nitrogens with zero attached hydrogens (tertiary/aromatic N) is 1. The van der Waals surface area contributed by atoms with Gasteiger partial charge in [-0.3, -0.25) is 4.79 Å². The van der Waals surface area contributed by atoms with E-state index in [0.29, 0.717) is 17.0 Å². The first-order chi connectivity index (χ1) is 10.6. The van der Waals surface area contributed by atoms with Crippen LogP contribution in [-0.2, 0) is 4.79 Å². The summed E-state index contributed by atoms with van der Waals surface area (Å²) >= 11 is 0. The summed E-state index contributed by atoms with van der Waals surface area (Å²) in [7, 11) is 1.56. The highest BCUT2D eigenvalue weighted by molar-refractivity contribution is 6.09. The van der Waals surface area contributed by atoms with Crippen LogP contribution in [0.1, 0.15) is 5.56 Å². The van der Waals surface area contributed by atoms with E-state index < -0.39 is 5.91 Å². The number of carbonyl (C=O) groups excluding carboxylic acids is 1. The smallest absolute Gasteiger partial charge is 0.266 e. The second kappa shape index (κ2) is 6.95. The van der Waals surface area contributed by atoms with Crippen molar-refractivity contribution in [2.45, 2.75) is 0 Å². The van der Waals surface area contributed by atoms with Crippen LogP contribution in [0.2, 0.25) is 0 Å². The number of amides is 1. The van der Waals surface area contributed by atoms with Crippen LogP contribution in [0.5, 0.6) is 11.5 Å². The van der Waals surface area contributed by atoms with Crippen LogP contribution < -0.4 is 10.1 Å². The van der Waals surface area contributed by atoms with Gasteiger partial charge >= 0.3 is 0 Å². The summed E-state index contributed by atoms with van der Waals surface area (Å²) in [4.78, 5) is 12.1. The topological polar surface area (TPSA) is 82.3 Å². The third-order valence-electron chi connectivity index (χ3n) is 2.92. The van der Waals surface area contributed by atoms with Crippen molar-refractivity contribution in [2.75, 3.05) is 12.4 Å². The van der Waals surface area contributed by atoms with Gasteiger partial charge in [-0.25, -0.2) is 0 Å². The lowest BCUT2D eigenvalue weighted by Crippen LogP contribution is -2.13. The minimum Gasteiger partial charge on any atom is -0.508 e. The molecule has 110 valence electrons. The Hall–Kier alpha value is -3.26. The molecule has 22 heavy (non-hydrogen) atoms. The standard InChI is InChI=1S/C17H14N2O3/c1-22-16-8-4-14(5-9-16)19-17(21)13(11-18)10-12-2-6-15(20)7-3-12/h2-10,20H,1H3,(H,19,21)/b13-10-. The van der Waals surface area contributed by atoms with Gasteiger partial charge in [-0.05, 0) is 48.0 Å². The first-order valence-corrected chi connectivity index (χ1v) is 6.48. The van der Waals surface area contributed by atoms with Crippen molar-refractivity contribution in [3.8, 4) is 17.6 Å². The maximum Gasteiger partial charge on any atom is 0.266 e. The number of hydrogen-bond acceptors (Lipinski definition) is 4. The number of rotatable bonds is 4. The number of hydrogen-bond donors (Lipinski definition) is 2. The number of benzene rings is 2. The van der Waals surface area contributed by atoms with E-state index in [1.165, 1.54) is 18.2 Å². The fourth-order valence-electron chi connectivity index (χ4n) is 1.76. The van der Waals surface area contributed by atoms with Crippen LogP contribution in [0.15, 0.2) is 54.1 Å². The summed E-state index contributed by atoms with van der Waals surface area (Å²) in [6.45, 7) is 0. The lowest BCUT2D eigenvalue weighted by molar-refractivity contribution is -0.112. The average Bonchev–Trinajstić information content (AvgIpc) is 2.55. The molecule has 0 aliphatic carbocycles. The zero-order chi connectivity index (χ0) is 15.9. The third-order valence-corrected chi connectivity index (χ3v) is 2.92. The van der Waals surface area contributed by atoms with Gasteiger partial charge in [0.1, 0.15) is 23.1 Å². The van der Waals surface area contributed by atoms with Crippen LogP contribution >= 0.6 is 0 Å². The van der Waals surface area contributed by atoms with Gasteiger partial charge in [0.2, 0.25) is 0 Å². The Labute approximate surface area is 128 Å². The molecule has 2 aromatic rings. The van der Waals surface area contributed by atoms with E-state index in [1.807, 2.05) is 6.07 Å². The lowest BCUT2D eigenvalue weighted by atomic mass is 10.1. The number of ether oxygens (including phenoxy) is 1. The molecule has 0 heterocycles. The minimum atomic E-state index is -0.499. The Morgan fingerprint density at radius 3 is 2.36 bits per heavy atom. The number of aromatic hydroxyl groups is 1. The molecule has 2 aromatic carbocycles. The molecule has 0 radical (unpaired) electrons. The zero-order valence-electron chi connectivity index (χ0n) is 11.9. The van der Waals surface area contributed by atoms with Crippen molar-refractivity contribution in [1.29, 1.82) is 5.26 Å². The maximum absolute atomic E-state index is 12.1. The number of carbonyl (C=O) groups is 1. The second-order valence-corrected chi connectivity index (χ2v) is 4.44. The first kappa shape index (κ1) is 15.1. The van der Waals surface area contributed by atoms with E-state index in [9.17, 15) is 9.90 Å². The number of anilines is 1. The van der Waals surface area contributed by atoms with Crippen LogP contribution in [0, 0.1) is 11.3 Å². The van der Waals surface area contributed by atoms with Gasteiger partial charge in [-0.2, -0.15) is 5.26 Å². The van der Waals surface area contributed by atoms with Gasteiger partial charge in [-0.15, -0.1) is 0 Å². The zero-order valence-corrected chi connectivity index (χ0v) is 11.9. The molecule has 0 aliphatic heterocycles. The molecule has 0 saturated carbocycles. The second-order valence-electron chi connectivity index (χ2n) is 4.44. The van der Waals surface area contributed by atoms with Crippen LogP contribution in [0.4, 0.5) is 5.69 Å². The minimum absolute atomic E-state index is 0.0264. The molecule has 0 spiro atoms. The molecule has 0 unspecified atom stereocenters. The fourth-order valence-corrected chi connectivity index (χ4v) is 1.76. The number of nitrogens with one attached hydrogen (secondary N) is 1. The van der Waals surface area contributed by atoms with Gasteiger partial charge in [0, 0.05) is 5.69 Å². The molecule has 5 nitrogen and oxygen atoms in total. The van der Waals surface area contributed by atoms with E-state index in [-0.39, 0.29) is 11.3 Å². The largest absolute Gasteiger partial charge is 0.508 e. The Bertz CT molecular complexity index is 726. The Morgan fingerprint density at radius 1 is 1.18 bits per heavy atom. The van der Waals surface area contributed by atoms with Crippen molar-refractivity contribution in [2.24, 2.45) is 0 Å². The van der Waals surface area contributed by atoms with Crippen LogP contribution in [0.3, 0.4) is 0 Å². The molecule has 1 amide bonds. The monoisotopic (exact) mass is 294 g/mol. The molecule has 0 atom stereocenters. The highest BCUT2D eigenvalue weighted by Gasteiger charge is 2.09. The number of phenols is 1. The normalized spacial score (nSPS) is 10.6. The molecule has 0 bridgehead atoms. The fraction of sp³-hybridized carbons (Fsp3) is 0.0588. The molecular weight excluding hydrogens is 280 g/mol. The first-order valence-electron chi connectivity index (χ1n) is 6.48. The van der Waals surface area contributed by atoms with Crippen LogP contribution in [0.25, 0.3) is 6.08 Å². The van der Waals surface area contributed by atoms with Crippen molar-refractivity contribution in [1.82, 2.24) is 0 Å². The van der Waals surface area contributed by atoms with Crippen molar-refractivity contribution in [3.05, 3.63) is 59.7 Å². The Balaban J connectivity index is 2.14. The van der Waals surface area contributed by atoms with E-state index in [1.54, 1.807) is 43.5 Å². The molecule has 0 saturated heterocycles. The summed E-state index contributed by atoms with van der Waals surface area (Å²) in [5.41, 5.74) is 1.19. The highest BCUT2D eigenvalue weighted by atomic mass is 16.5. The molecule has 0 aliphatic rings. The maximum atomic E-state index is 12.1. The molecule has 0 aromatic heterocycles. The summed E-state index contributed by atoms with van der Waals surface area (Å²) in [6, 6.07) is 14.9. The number of phenolic OH excluding ortho intramolecular Hbond substituents is 1. The summed E-state index contributed by atoms with van der Waals surface area (Å²) < 4.78 is 5.03. The molecule has 5 heteroatoms.